The zero-order valence-corrected chi connectivity index (χ0v) is 10.7. The highest BCUT2D eigenvalue weighted by atomic mass is 16.5. The van der Waals surface area contributed by atoms with Crippen molar-refractivity contribution in [2.75, 3.05) is 13.2 Å². The second-order valence-electron chi connectivity index (χ2n) is 4.42. The minimum absolute atomic E-state index is 0.132. The van der Waals surface area contributed by atoms with Crippen LogP contribution in [0.15, 0.2) is 11.8 Å². The Morgan fingerprint density at radius 1 is 1.29 bits per heavy atom. The highest BCUT2D eigenvalue weighted by molar-refractivity contribution is 5.82. The van der Waals surface area contributed by atoms with Crippen LogP contribution in [0, 0.1) is 0 Å². The molecule has 0 aliphatic rings. The molecule has 0 aliphatic heterocycles. The van der Waals surface area contributed by atoms with Gasteiger partial charge in [-0.15, -0.1) is 0 Å². The molecule has 0 saturated heterocycles. The predicted molar refractivity (Wildman–Crippen MR) is 63.1 cm³/mol. The molecule has 98 valence electrons. The first kappa shape index (κ1) is 15.3. The quantitative estimate of drug-likeness (QED) is 0.566. The van der Waals surface area contributed by atoms with E-state index in [9.17, 15) is 9.59 Å². The van der Waals surface area contributed by atoms with E-state index >= 15 is 0 Å². The van der Waals surface area contributed by atoms with Crippen LogP contribution in [0.25, 0.3) is 0 Å². The average Bonchev–Trinajstić information content (AvgIpc) is 2.12. The van der Waals surface area contributed by atoms with Crippen molar-refractivity contribution < 1.29 is 19.1 Å². The first-order valence-corrected chi connectivity index (χ1v) is 5.32. The molecule has 6 nitrogen and oxygen atoms in total. The van der Waals surface area contributed by atoms with E-state index in [4.69, 9.17) is 10.5 Å². The number of carbonyl (C=O) groups is 2. The summed E-state index contributed by atoms with van der Waals surface area (Å²) in [5, 5.41) is 2.59. The Hall–Kier alpha value is -1.72. The minimum Gasteiger partial charge on any atom is -0.463 e. The predicted octanol–water partition coefficient (Wildman–Crippen LogP) is 0.917. The fraction of sp³-hybridized carbons (Fsp3) is 0.636. The van der Waals surface area contributed by atoms with Crippen LogP contribution in [0.1, 0.15) is 27.7 Å². The van der Waals surface area contributed by atoms with Crippen molar-refractivity contribution in [3.8, 4) is 0 Å². The van der Waals surface area contributed by atoms with Gasteiger partial charge in [0.05, 0.1) is 12.3 Å². The summed E-state index contributed by atoms with van der Waals surface area (Å²) in [6.45, 7) is 7.29. The molecule has 17 heavy (non-hydrogen) atoms. The summed E-state index contributed by atoms with van der Waals surface area (Å²) in [5.74, 6) is -0.551. The average molecular weight is 244 g/mol. The van der Waals surface area contributed by atoms with Crippen LogP contribution >= 0.6 is 0 Å². The fourth-order valence-corrected chi connectivity index (χ4v) is 0.868. The first-order chi connectivity index (χ1) is 7.74. The molecule has 0 aliphatic carbocycles. The lowest BCUT2D eigenvalue weighted by Gasteiger charge is -2.19. The van der Waals surface area contributed by atoms with E-state index < -0.39 is 12.1 Å². The summed E-state index contributed by atoms with van der Waals surface area (Å²) in [6, 6.07) is 0. The molecule has 0 heterocycles. The number of alkyl carbamates (subject to hydrolysis) is 1. The van der Waals surface area contributed by atoms with E-state index in [0.29, 0.717) is 0 Å². The number of rotatable bonds is 4. The molecule has 0 saturated carbocycles. The van der Waals surface area contributed by atoms with Gasteiger partial charge in [0.1, 0.15) is 6.61 Å². The molecule has 3 N–H and O–H groups in total. The van der Waals surface area contributed by atoms with E-state index in [0.717, 1.165) is 6.08 Å². The van der Waals surface area contributed by atoms with Gasteiger partial charge >= 0.3 is 12.1 Å². The summed E-state index contributed by atoms with van der Waals surface area (Å²) in [7, 11) is 0. The van der Waals surface area contributed by atoms with Gasteiger partial charge in [-0.3, -0.25) is 0 Å². The maximum Gasteiger partial charge on any atom is 0.407 e. The SMILES string of the molecule is CCOC(=O)C=C(N)COC(=O)NC(C)(C)C. The number of nitrogens with one attached hydrogen (secondary N) is 1. The molecular weight excluding hydrogens is 224 g/mol. The molecule has 0 aromatic heterocycles. The minimum atomic E-state index is -0.585. The number of hydrogen-bond acceptors (Lipinski definition) is 5. The molecular formula is C11H20N2O4. The number of amides is 1. The van der Waals surface area contributed by atoms with Crippen LogP contribution in [0.4, 0.5) is 4.79 Å². The summed E-state index contributed by atoms with van der Waals surface area (Å²) in [4.78, 5) is 22.2. The molecule has 0 bridgehead atoms. The lowest BCUT2D eigenvalue weighted by atomic mass is 10.1. The van der Waals surface area contributed by atoms with E-state index in [1.54, 1.807) is 6.92 Å². The Balaban J connectivity index is 4.03. The van der Waals surface area contributed by atoms with Crippen LogP contribution in [0.3, 0.4) is 0 Å². The number of esters is 1. The second kappa shape index (κ2) is 6.78. The van der Waals surface area contributed by atoms with E-state index in [2.05, 4.69) is 10.1 Å². The third-order valence-corrected chi connectivity index (χ3v) is 1.44. The van der Waals surface area contributed by atoms with Gasteiger partial charge in [0.2, 0.25) is 0 Å². The maximum atomic E-state index is 11.2. The zero-order chi connectivity index (χ0) is 13.5. The van der Waals surface area contributed by atoms with Crippen molar-refractivity contribution in [2.24, 2.45) is 5.73 Å². The van der Waals surface area contributed by atoms with Crippen LogP contribution < -0.4 is 11.1 Å². The smallest absolute Gasteiger partial charge is 0.407 e. The number of carbonyl (C=O) groups excluding carboxylic acids is 2. The topological polar surface area (TPSA) is 90.7 Å². The van der Waals surface area contributed by atoms with E-state index in [-0.39, 0.29) is 24.4 Å². The Bertz CT molecular complexity index is 305. The molecule has 0 spiro atoms. The van der Waals surface area contributed by atoms with E-state index in [1.807, 2.05) is 20.8 Å². The van der Waals surface area contributed by atoms with Crippen molar-refractivity contribution in [3.05, 3.63) is 11.8 Å². The summed E-state index contributed by atoms with van der Waals surface area (Å²) in [5.41, 5.74) is 5.23. The summed E-state index contributed by atoms with van der Waals surface area (Å²) in [6.07, 6.45) is 0.506. The number of ether oxygens (including phenoxy) is 2. The molecule has 0 radical (unpaired) electrons. The molecule has 0 atom stereocenters. The van der Waals surface area contributed by atoms with E-state index in [1.165, 1.54) is 0 Å². The van der Waals surface area contributed by atoms with Crippen molar-refractivity contribution in [3.63, 3.8) is 0 Å². The third kappa shape index (κ3) is 9.22. The first-order valence-electron chi connectivity index (χ1n) is 5.32. The van der Waals surface area contributed by atoms with Crippen LogP contribution in [-0.2, 0) is 14.3 Å². The zero-order valence-electron chi connectivity index (χ0n) is 10.7. The van der Waals surface area contributed by atoms with Crippen LogP contribution in [0.2, 0.25) is 0 Å². The highest BCUT2D eigenvalue weighted by Gasteiger charge is 2.14. The van der Waals surface area contributed by atoms with Gasteiger partial charge in [-0.1, -0.05) is 0 Å². The van der Waals surface area contributed by atoms with Crippen LogP contribution in [-0.4, -0.2) is 30.8 Å². The van der Waals surface area contributed by atoms with Gasteiger partial charge in [-0.25, -0.2) is 9.59 Å². The van der Waals surface area contributed by atoms with Gasteiger partial charge in [-0.2, -0.15) is 0 Å². The molecule has 1 amide bonds. The van der Waals surface area contributed by atoms with Gasteiger partial charge in [0, 0.05) is 11.6 Å². The lowest BCUT2D eigenvalue weighted by Crippen LogP contribution is -2.41. The van der Waals surface area contributed by atoms with Gasteiger partial charge in [-0.05, 0) is 27.7 Å². The molecule has 0 unspecified atom stereocenters. The largest absolute Gasteiger partial charge is 0.463 e. The Morgan fingerprint density at radius 2 is 1.88 bits per heavy atom. The van der Waals surface area contributed by atoms with Crippen LogP contribution in [0.5, 0.6) is 0 Å². The summed E-state index contributed by atoms with van der Waals surface area (Å²) >= 11 is 0. The lowest BCUT2D eigenvalue weighted by molar-refractivity contribution is -0.137. The standard InChI is InChI=1S/C11H20N2O4/c1-5-16-9(14)6-8(12)7-17-10(15)13-11(2,3)4/h6H,5,7,12H2,1-4H3,(H,13,15). The number of nitrogens with two attached hydrogens (primary N) is 1. The number of hydrogen-bond donors (Lipinski definition) is 2. The molecule has 0 aromatic carbocycles. The Kier molecular flexibility index (Phi) is 6.09. The van der Waals surface area contributed by atoms with Crippen molar-refractivity contribution in [1.82, 2.24) is 5.32 Å². The molecule has 6 heteroatoms. The highest BCUT2D eigenvalue weighted by Crippen LogP contribution is 1.99. The maximum absolute atomic E-state index is 11.2. The molecule has 0 aromatic rings. The fourth-order valence-electron chi connectivity index (χ4n) is 0.868. The Labute approximate surface area is 101 Å². The Morgan fingerprint density at radius 3 is 2.35 bits per heavy atom. The van der Waals surface area contributed by atoms with Crippen molar-refractivity contribution in [1.29, 1.82) is 0 Å². The van der Waals surface area contributed by atoms with Crippen molar-refractivity contribution >= 4 is 12.1 Å². The van der Waals surface area contributed by atoms with Gasteiger partial charge in [0.15, 0.2) is 0 Å². The molecule has 0 fully saturated rings. The summed E-state index contributed by atoms with van der Waals surface area (Å²) < 4.78 is 9.46. The molecule has 0 rings (SSSR count). The van der Waals surface area contributed by atoms with Gasteiger partial charge < -0.3 is 20.5 Å². The second-order valence-corrected chi connectivity index (χ2v) is 4.42. The van der Waals surface area contributed by atoms with Gasteiger partial charge in [0.25, 0.3) is 0 Å². The monoisotopic (exact) mass is 244 g/mol. The third-order valence-electron chi connectivity index (χ3n) is 1.44. The van der Waals surface area contributed by atoms with Crippen molar-refractivity contribution in [2.45, 2.75) is 33.2 Å². The normalized spacial score (nSPS) is 11.9.